The fourth-order valence-corrected chi connectivity index (χ4v) is 4.59. The topological polar surface area (TPSA) is 106 Å². The van der Waals surface area contributed by atoms with Crippen LogP contribution in [0.15, 0.2) is 73.2 Å². The largest absolute Gasteiger partial charge is 0.374 e. The fourth-order valence-electron chi connectivity index (χ4n) is 4.59. The Hall–Kier alpha value is -3.98. The molecule has 1 aliphatic rings. The van der Waals surface area contributed by atoms with Crippen molar-refractivity contribution in [2.24, 2.45) is 5.41 Å². The Morgan fingerprint density at radius 3 is 2.30 bits per heavy atom. The minimum absolute atomic E-state index is 0.000672. The second-order valence-corrected chi connectivity index (χ2v) is 11.3. The number of likely N-dealkylation sites (tertiary alicyclic amines) is 1. The van der Waals surface area contributed by atoms with Gasteiger partial charge in [0.2, 0.25) is 11.8 Å². The fraction of sp³-hybridized carbons (Fsp3) is 0.419. The number of rotatable bonds is 10. The number of hydrogen-bond donors (Lipinski definition) is 2. The van der Waals surface area contributed by atoms with Crippen molar-refractivity contribution < 1.29 is 19.1 Å². The van der Waals surface area contributed by atoms with Crippen LogP contribution in [-0.2, 0) is 32.3 Å². The SMILES string of the molecule is CC(C)(C)C(=O)N[C@H](COCc1ccccc1)C(=O)Nc1cn(CC(=O)N2CCC(c3ccccc3)CC2)cn1. The number of piperidine rings is 1. The number of nitrogens with zero attached hydrogens (tertiary/aromatic N) is 3. The quantitative estimate of drug-likeness (QED) is 0.401. The van der Waals surface area contributed by atoms with Gasteiger partial charge >= 0.3 is 0 Å². The molecular weight excluding hydrogens is 506 g/mol. The molecule has 2 heterocycles. The summed E-state index contributed by atoms with van der Waals surface area (Å²) < 4.78 is 7.43. The van der Waals surface area contributed by atoms with Crippen molar-refractivity contribution in [2.75, 3.05) is 25.0 Å². The van der Waals surface area contributed by atoms with Crippen LogP contribution in [0, 0.1) is 5.41 Å². The number of imidazole rings is 1. The average molecular weight is 546 g/mol. The van der Waals surface area contributed by atoms with Crippen molar-refractivity contribution in [3.63, 3.8) is 0 Å². The Morgan fingerprint density at radius 2 is 1.65 bits per heavy atom. The summed E-state index contributed by atoms with van der Waals surface area (Å²) in [7, 11) is 0. The Morgan fingerprint density at radius 1 is 1.00 bits per heavy atom. The molecule has 1 fully saturated rings. The molecule has 0 bridgehead atoms. The molecule has 0 unspecified atom stereocenters. The summed E-state index contributed by atoms with van der Waals surface area (Å²) >= 11 is 0. The van der Waals surface area contributed by atoms with Crippen LogP contribution in [0.3, 0.4) is 0 Å². The highest BCUT2D eigenvalue weighted by Gasteiger charge is 2.28. The van der Waals surface area contributed by atoms with Crippen LogP contribution in [0.5, 0.6) is 0 Å². The van der Waals surface area contributed by atoms with Gasteiger partial charge in [-0.05, 0) is 29.9 Å². The zero-order chi connectivity index (χ0) is 28.5. The Labute approximate surface area is 235 Å². The number of benzene rings is 2. The minimum atomic E-state index is -0.909. The van der Waals surface area contributed by atoms with Crippen molar-refractivity contribution in [1.29, 1.82) is 0 Å². The number of amides is 3. The van der Waals surface area contributed by atoms with Crippen LogP contribution in [0.2, 0.25) is 0 Å². The van der Waals surface area contributed by atoms with Crippen LogP contribution in [0.1, 0.15) is 50.7 Å². The Bertz CT molecular complexity index is 1260. The van der Waals surface area contributed by atoms with E-state index in [9.17, 15) is 14.4 Å². The molecule has 1 aromatic heterocycles. The zero-order valence-corrected chi connectivity index (χ0v) is 23.5. The van der Waals surface area contributed by atoms with Gasteiger partial charge < -0.3 is 24.8 Å². The molecular formula is C31H39N5O4. The first-order valence-corrected chi connectivity index (χ1v) is 13.8. The van der Waals surface area contributed by atoms with E-state index in [-0.39, 0.29) is 25.0 Å². The third-order valence-corrected chi connectivity index (χ3v) is 7.02. The predicted molar refractivity (Wildman–Crippen MR) is 153 cm³/mol. The average Bonchev–Trinajstić information content (AvgIpc) is 3.39. The molecule has 3 aromatic rings. The molecule has 0 spiro atoms. The molecule has 9 nitrogen and oxygen atoms in total. The maximum Gasteiger partial charge on any atom is 0.250 e. The number of hydrogen-bond acceptors (Lipinski definition) is 5. The number of carbonyl (C=O) groups is 3. The molecule has 1 atom stereocenters. The van der Waals surface area contributed by atoms with Gasteiger partial charge in [0.05, 0.1) is 19.5 Å². The van der Waals surface area contributed by atoms with Gasteiger partial charge in [-0.15, -0.1) is 0 Å². The molecule has 3 amide bonds. The lowest BCUT2D eigenvalue weighted by Crippen LogP contribution is -2.50. The van der Waals surface area contributed by atoms with Crippen LogP contribution in [0.25, 0.3) is 0 Å². The molecule has 9 heteroatoms. The summed E-state index contributed by atoms with van der Waals surface area (Å²) in [5, 5.41) is 5.54. The lowest BCUT2D eigenvalue weighted by molar-refractivity contribution is -0.133. The molecule has 40 heavy (non-hydrogen) atoms. The summed E-state index contributed by atoms with van der Waals surface area (Å²) in [6.45, 7) is 7.24. The second kappa shape index (κ2) is 13.4. The highest BCUT2D eigenvalue weighted by atomic mass is 16.5. The molecule has 2 N–H and O–H groups in total. The zero-order valence-electron chi connectivity index (χ0n) is 23.5. The number of carbonyl (C=O) groups excluding carboxylic acids is 3. The highest BCUT2D eigenvalue weighted by molar-refractivity contribution is 5.97. The van der Waals surface area contributed by atoms with Gasteiger partial charge in [-0.3, -0.25) is 14.4 Å². The lowest BCUT2D eigenvalue weighted by Gasteiger charge is -2.32. The first-order chi connectivity index (χ1) is 19.2. The van der Waals surface area contributed by atoms with Crippen LogP contribution in [-0.4, -0.2) is 57.9 Å². The van der Waals surface area contributed by atoms with E-state index in [0.717, 1.165) is 31.5 Å². The van der Waals surface area contributed by atoms with Gasteiger partial charge in [-0.25, -0.2) is 4.98 Å². The third-order valence-electron chi connectivity index (χ3n) is 7.02. The van der Waals surface area contributed by atoms with Crippen LogP contribution >= 0.6 is 0 Å². The van der Waals surface area contributed by atoms with Gasteiger partial charge in [0.1, 0.15) is 12.6 Å². The first kappa shape index (κ1) is 29.0. The maximum atomic E-state index is 13.1. The summed E-state index contributed by atoms with van der Waals surface area (Å²) in [6, 6.07) is 19.1. The van der Waals surface area contributed by atoms with Crippen LogP contribution < -0.4 is 10.6 Å². The molecule has 212 valence electrons. The van der Waals surface area contributed by atoms with E-state index < -0.39 is 17.4 Å². The van der Waals surface area contributed by atoms with E-state index in [1.54, 1.807) is 31.5 Å². The number of nitrogens with one attached hydrogen (secondary N) is 2. The summed E-state index contributed by atoms with van der Waals surface area (Å²) in [4.78, 5) is 44.8. The number of ether oxygens (including phenoxy) is 1. The van der Waals surface area contributed by atoms with Gasteiger partial charge in [0, 0.05) is 24.7 Å². The number of anilines is 1. The summed E-state index contributed by atoms with van der Waals surface area (Å²) in [5.41, 5.74) is 1.62. The van der Waals surface area contributed by atoms with Crippen molar-refractivity contribution in [3.8, 4) is 0 Å². The van der Waals surface area contributed by atoms with Gasteiger partial charge in [0.15, 0.2) is 5.82 Å². The molecule has 1 aliphatic heterocycles. The van der Waals surface area contributed by atoms with E-state index in [4.69, 9.17) is 4.74 Å². The van der Waals surface area contributed by atoms with Crippen LogP contribution in [0.4, 0.5) is 5.82 Å². The molecule has 1 saturated heterocycles. The van der Waals surface area contributed by atoms with E-state index in [1.165, 1.54) is 11.9 Å². The molecule has 4 rings (SSSR count). The minimum Gasteiger partial charge on any atom is -0.374 e. The first-order valence-electron chi connectivity index (χ1n) is 13.8. The smallest absolute Gasteiger partial charge is 0.250 e. The molecule has 0 radical (unpaired) electrons. The normalized spacial score (nSPS) is 14.9. The van der Waals surface area contributed by atoms with E-state index in [2.05, 4.69) is 39.9 Å². The standard InChI is InChI=1S/C31H39N5O4/c1-31(2,3)30(39)33-26(21-40-20-23-10-6-4-7-11-23)29(38)34-27-18-35(22-32-27)19-28(37)36-16-14-25(15-17-36)24-12-8-5-9-13-24/h4-13,18,22,25-26H,14-17,19-21H2,1-3H3,(H,33,39)(H,34,38)/t26-/m1/s1. The van der Waals surface area contributed by atoms with E-state index >= 15 is 0 Å². The third kappa shape index (κ3) is 8.26. The summed E-state index contributed by atoms with van der Waals surface area (Å²) in [5.74, 6) is 0.0992. The predicted octanol–water partition coefficient (Wildman–Crippen LogP) is 3.98. The maximum absolute atomic E-state index is 13.1. The van der Waals surface area contributed by atoms with E-state index in [1.807, 2.05) is 41.3 Å². The van der Waals surface area contributed by atoms with Crippen molar-refractivity contribution in [3.05, 3.63) is 84.3 Å². The number of aromatic nitrogens is 2. The lowest BCUT2D eigenvalue weighted by atomic mass is 9.89. The Balaban J connectivity index is 1.30. The van der Waals surface area contributed by atoms with Gasteiger partial charge in [-0.2, -0.15) is 0 Å². The molecule has 0 aliphatic carbocycles. The van der Waals surface area contributed by atoms with Crippen molar-refractivity contribution in [1.82, 2.24) is 19.8 Å². The van der Waals surface area contributed by atoms with Crippen molar-refractivity contribution in [2.45, 2.75) is 58.7 Å². The monoisotopic (exact) mass is 545 g/mol. The summed E-state index contributed by atoms with van der Waals surface area (Å²) in [6.07, 6.45) is 5.03. The van der Waals surface area contributed by atoms with E-state index in [0.29, 0.717) is 18.3 Å². The van der Waals surface area contributed by atoms with Gasteiger partial charge in [0.25, 0.3) is 5.91 Å². The molecule has 2 aromatic carbocycles. The highest BCUT2D eigenvalue weighted by Crippen LogP contribution is 2.27. The van der Waals surface area contributed by atoms with Gasteiger partial charge in [-0.1, -0.05) is 81.4 Å². The second-order valence-electron chi connectivity index (χ2n) is 11.3. The van der Waals surface area contributed by atoms with Crippen molar-refractivity contribution >= 4 is 23.5 Å². The Kier molecular flexibility index (Phi) is 9.71. The molecule has 0 saturated carbocycles.